The topological polar surface area (TPSA) is 120 Å². The number of benzene rings is 2. The Bertz CT molecular complexity index is 1790. The number of ether oxygens (including phenoxy) is 2. The van der Waals surface area contributed by atoms with Crippen LogP contribution in [-0.4, -0.2) is 73.2 Å². The van der Waals surface area contributed by atoms with Gasteiger partial charge in [0.2, 0.25) is 0 Å². The van der Waals surface area contributed by atoms with Gasteiger partial charge in [-0.2, -0.15) is 5.10 Å². The van der Waals surface area contributed by atoms with Gasteiger partial charge in [0.05, 0.1) is 40.7 Å². The van der Waals surface area contributed by atoms with Gasteiger partial charge in [-0.25, -0.2) is 14.8 Å². The molecule has 0 saturated carbocycles. The van der Waals surface area contributed by atoms with E-state index in [4.69, 9.17) is 31.2 Å². The van der Waals surface area contributed by atoms with Crippen LogP contribution >= 0.6 is 11.6 Å². The Morgan fingerprint density at radius 3 is 2.67 bits per heavy atom. The molecule has 42 heavy (non-hydrogen) atoms. The molecule has 4 heterocycles. The van der Waals surface area contributed by atoms with E-state index in [-0.39, 0.29) is 6.04 Å². The molecule has 0 unspecified atom stereocenters. The number of hydrogen-bond donors (Lipinski definition) is 1. The van der Waals surface area contributed by atoms with Crippen molar-refractivity contribution in [2.75, 3.05) is 19.7 Å². The third kappa shape index (κ3) is 5.69. The second-order valence-corrected chi connectivity index (χ2v) is 17.7. The molecule has 1 fully saturated rings. The molecule has 1 aliphatic rings. The van der Waals surface area contributed by atoms with Gasteiger partial charge in [0.1, 0.15) is 34.6 Å². The summed E-state index contributed by atoms with van der Waals surface area (Å²) in [6.07, 6.45) is 4.30. The SMILES string of the molecule is Cc1nc2ccc(Oc3ccc4ncc(-c5cnn(C6CN(C(=O)O)C6)c5)nc4c3Cl)cc2n1COCC[Si](C)(C)C. The van der Waals surface area contributed by atoms with E-state index < -0.39 is 14.2 Å². The lowest BCUT2D eigenvalue weighted by molar-refractivity contribution is 0.0812. The number of carboxylic acid groups (broad SMARTS) is 1. The Balaban J connectivity index is 1.22. The summed E-state index contributed by atoms with van der Waals surface area (Å²) in [5.41, 5.74) is 4.31. The number of halogens is 1. The zero-order valence-corrected chi connectivity index (χ0v) is 25.7. The highest BCUT2D eigenvalue weighted by Gasteiger charge is 2.32. The van der Waals surface area contributed by atoms with E-state index in [1.165, 1.54) is 4.90 Å². The first-order chi connectivity index (χ1) is 20.1. The first-order valence-corrected chi connectivity index (χ1v) is 17.8. The minimum Gasteiger partial charge on any atom is -0.465 e. The van der Waals surface area contributed by atoms with Crippen LogP contribution < -0.4 is 4.74 Å². The van der Waals surface area contributed by atoms with Crippen molar-refractivity contribution < 1.29 is 19.4 Å². The number of imidazole rings is 1. The van der Waals surface area contributed by atoms with E-state index >= 15 is 0 Å². The molecule has 13 heteroatoms. The fraction of sp³-hybridized carbons (Fsp3) is 0.345. The van der Waals surface area contributed by atoms with E-state index in [2.05, 4.69) is 39.3 Å². The summed E-state index contributed by atoms with van der Waals surface area (Å²) in [4.78, 5) is 26.4. The highest BCUT2D eigenvalue weighted by atomic mass is 35.5. The number of aryl methyl sites for hydroxylation is 1. The molecule has 0 bridgehead atoms. The van der Waals surface area contributed by atoms with Gasteiger partial charge in [0.25, 0.3) is 0 Å². The molecule has 1 aliphatic heterocycles. The molecule has 218 valence electrons. The normalized spacial score (nSPS) is 14.1. The molecule has 1 amide bonds. The molecule has 5 aromatic rings. The van der Waals surface area contributed by atoms with Crippen LogP contribution in [0.2, 0.25) is 30.7 Å². The van der Waals surface area contributed by atoms with Crippen molar-refractivity contribution in [3.63, 3.8) is 0 Å². The molecular weight excluding hydrogens is 574 g/mol. The van der Waals surface area contributed by atoms with Gasteiger partial charge in [-0.1, -0.05) is 31.2 Å². The predicted molar refractivity (Wildman–Crippen MR) is 163 cm³/mol. The average molecular weight is 606 g/mol. The number of amides is 1. The van der Waals surface area contributed by atoms with Crippen LogP contribution in [0, 0.1) is 6.92 Å². The largest absolute Gasteiger partial charge is 0.465 e. The third-order valence-electron chi connectivity index (χ3n) is 7.38. The summed E-state index contributed by atoms with van der Waals surface area (Å²) in [6.45, 7) is 11.0. The van der Waals surface area contributed by atoms with E-state index in [0.717, 1.165) is 35.1 Å². The zero-order chi connectivity index (χ0) is 29.6. The van der Waals surface area contributed by atoms with Crippen molar-refractivity contribution in [2.24, 2.45) is 0 Å². The van der Waals surface area contributed by atoms with Gasteiger partial charge in [-0.3, -0.25) is 9.67 Å². The second-order valence-electron chi connectivity index (χ2n) is 11.7. The Kier molecular flexibility index (Phi) is 7.37. The van der Waals surface area contributed by atoms with E-state index in [9.17, 15) is 4.79 Å². The summed E-state index contributed by atoms with van der Waals surface area (Å²) in [7, 11) is -1.17. The van der Waals surface area contributed by atoms with Crippen LogP contribution in [0.1, 0.15) is 11.9 Å². The summed E-state index contributed by atoms with van der Waals surface area (Å²) in [5, 5.41) is 13.9. The lowest BCUT2D eigenvalue weighted by atomic mass is 10.1. The molecule has 0 aliphatic carbocycles. The van der Waals surface area contributed by atoms with Crippen molar-refractivity contribution in [3.8, 4) is 22.8 Å². The lowest BCUT2D eigenvalue weighted by Gasteiger charge is -2.36. The van der Waals surface area contributed by atoms with E-state index in [1.54, 1.807) is 23.1 Å². The van der Waals surface area contributed by atoms with Crippen molar-refractivity contribution in [2.45, 2.75) is 45.4 Å². The number of aromatic nitrogens is 6. The maximum Gasteiger partial charge on any atom is 0.407 e. The number of carbonyl (C=O) groups is 1. The summed E-state index contributed by atoms with van der Waals surface area (Å²) >= 11 is 6.81. The standard InChI is InChI=1S/C29H32ClN7O4Si/c1-18-33-22-6-5-21(11-25(22)36(18)17-40-9-10-42(2,3)4)41-26-8-7-23-28(27(26)30)34-24(13-31-23)19-12-32-37(14-19)20-15-35(16-20)29(38)39/h5-8,11-14,20H,9-10,15-17H2,1-4H3,(H,38,39). The van der Waals surface area contributed by atoms with Crippen LogP contribution in [0.15, 0.2) is 48.9 Å². The molecule has 2 aromatic carbocycles. The van der Waals surface area contributed by atoms with Gasteiger partial charge in [-0.15, -0.1) is 0 Å². The monoisotopic (exact) mass is 605 g/mol. The first kappa shape index (κ1) is 28.1. The van der Waals surface area contributed by atoms with Gasteiger partial charge in [0.15, 0.2) is 0 Å². The minimum atomic E-state index is -1.17. The Labute approximate surface area is 248 Å². The molecular formula is C29H32ClN7O4Si. The molecule has 0 radical (unpaired) electrons. The van der Waals surface area contributed by atoms with Crippen molar-refractivity contribution in [1.29, 1.82) is 0 Å². The number of hydrogen-bond acceptors (Lipinski definition) is 7. The second kappa shape index (κ2) is 11.0. The van der Waals surface area contributed by atoms with Crippen molar-refractivity contribution >= 4 is 47.8 Å². The van der Waals surface area contributed by atoms with Crippen molar-refractivity contribution in [1.82, 2.24) is 34.2 Å². The first-order valence-electron chi connectivity index (χ1n) is 13.8. The van der Waals surface area contributed by atoms with Crippen LogP contribution in [0.5, 0.6) is 11.5 Å². The molecule has 6 rings (SSSR count). The van der Waals surface area contributed by atoms with E-state index in [1.807, 2.05) is 37.4 Å². The minimum absolute atomic E-state index is 0.000928. The fourth-order valence-corrected chi connectivity index (χ4v) is 5.80. The zero-order valence-electron chi connectivity index (χ0n) is 23.9. The Morgan fingerprint density at radius 2 is 1.90 bits per heavy atom. The molecule has 3 aromatic heterocycles. The van der Waals surface area contributed by atoms with E-state index in [0.29, 0.717) is 53.1 Å². The molecule has 11 nitrogen and oxygen atoms in total. The Morgan fingerprint density at radius 1 is 1.12 bits per heavy atom. The summed E-state index contributed by atoms with van der Waals surface area (Å²) in [6, 6.07) is 10.5. The number of fused-ring (bicyclic) bond motifs is 2. The average Bonchev–Trinajstić information content (AvgIpc) is 3.51. The fourth-order valence-electron chi connectivity index (χ4n) is 4.80. The number of rotatable bonds is 9. The quantitative estimate of drug-likeness (QED) is 0.150. The van der Waals surface area contributed by atoms with Crippen LogP contribution in [0.3, 0.4) is 0 Å². The highest BCUT2D eigenvalue weighted by molar-refractivity contribution is 6.76. The maximum absolute atomic E-state index is 11.1. The van der Waals surface area contributed by atoms with Crippen LogP contribution in [-0.2, 0) is 11.5 Å². The lowest BCUT2D eigenvalue weighted by Crippen LogP contribution is -2.50. The maximum atomic E-state index is 11.1. The van der Waals surface area contributed by atoms with Crippen molar-refractivity contribution in [3.05, 3.63) is 59.8 Å². The van der Waals surface area contributed by atoms with Crippen LogP contribution in [0.4, 0.5) is 4.79 Å². The Hall–Kier alpha value is -4.00. The number of likely N-dealkylation sites (tertiary alicyclic amines) is 1. The van der Waals surface area contributed by atoms with Gasteiger partial charge >= 0.3 is 6.09 Å². The van der Waals surface area contributed by atoms with Gasteiger partial charge in [-0.05, 0) is 37.2 Å². The smallest absolute Gasteiger partial charge is 0.407 e. The number of nitrogens with zero attached hydrogens (tertiary/aromatic N) is 7. The van der Waals surface area contributed by atoms with Crippen LogP contribution in [0.25, 0.3) is 33.3 Å². The summed E-state index contributed by atoms with van der Waals surface area (Å²) < 4.78 is 16.1. The third-order valence-corrected chi connectivity index (χ3v) is 9.45. The van der Waals surface area contributed by atoms with Gasteiger partial charge in [0, 0.05) is 45.6 Å². The molecule has 1 saturated heterocycles. The molecule has 0 atom stereocenters. The summed E-state index contributed by atoms with van der Waals surface area (Å²) in [5.74, 6) is 1.96. The molecule has 0 spiro atoms. The predicted octanol–water partition coefficient (Wildman–Crippen LogP) is 6.44. The highest BCUT2D eigenvalue weighted by Crippen LogP contribution is 2.36. The van der Waals surface area contributed by atoms with Gasteiger partial charge < -0.3 is 24.0 Å². The molecule has 1 N–H and O–H groups in total.